The van der Waals surface area contributed by atoms with Crippen LogP contribution in [0.4, 0.5) is 23.0 Å². The summed E-state index contributed by atoms with van der Waals surface area (Å²) in [7, 11) is 0. The van der Waals surface area contributed by atoms with E-state index in [2.05, 4.69) is 93.4 Å². The van der Waals surface area contributed by atoms with E-state index in [1.165, 1.54) is 11.1 Å². The predicted octanol–water partition coefficient (Wildman–Crippen LogP) is 7.68. The third-order valence-electron chi connectivity index (χ3n) is 7.81. The minimum atomic E-state index is 0.0298. The van der Waals surface area contributed by atoms with Crippen LogP contribution in [0.5, 0.6) is 0 Å². The van der Waals surface area contributed by atoms with E-state index in [9.17, 15) is 0 Å². The topological polar surface area (TPSA) is 75.6 Å². The average molecular weight is 517 g/mol. The molecule has 0 bridgehead atoms. The Balaban J connectivity index is 1.33. The molecule has 40 heavy (non-hydrogen) atoms. The molecule has 4 aromatic heterocycles. The maximum atomic E-state index is 5.08. The second-order valence-electron chi connectivity index (χ2n) is 10.1. The number of pyridine rings is 4. The molecular weight excluding hydrogens is 492 g/mol. The molecule has 6 heteroatoms. The van der Waals surface area contributed by atoms with E-state index >= 15 is 0 Å². The molecule has 0 spiro atoms. The van der Waals surface area contributed by atoms with Crippen LogP contribution in [0.1, 0.15) is 34.1 Å². The van der Waals surface area contributed by atoms with Crippen molar-refractivity contribution >= 4 is 23.0 Å². The standard InChI is InChI=1S/C34H24N6/c1-3-11-25-21(9-1)31(23-15-17-29(39-33(23)37-25)27-13-5-7-19-35-27)32-22-10-2-4-12-26(22)38-34-24(32)16-18-30(40-34)28-14-6-8-20-36-28/h1-20,31-32H,(H,37,39)(H,38,40). The molecule has 2 N–H and O–H groups in total. The van der Waals surface area contributed by atoms with Gasteiger partial charge in [0.25, 0.3) is 0 Å². The molecule has 2 aliphatic rings. The van der Waals surface area contributed by atoms with E-state index in [1.807, 2.05) is 36.4 Å². The number of nitrogens with zero attached hydrogens (tertiary/aromatic N) is 4. The molecule has 190 valence electrons. The van der Waals surface area contributed by atoms with Crippen LogP contribution >= 0.6 is 0 Å². The van der Waals surface area contributed by atoms with Crippen molar-refractivity contribution in [2.45, 2.75) is 11.8 Å². The van der Waals surface area contributed by atoms with E-state index in [-0.39, 0.29) is 11.8 Å². The summed E-state index contributed by atoms with van der Waals surface area (Å²) in [5.74, 6) is 1.79. The van der Waals surface area contributed by atoms with E-state index < -0.39 is 0 Å². The van der Waals surface area contributed by atoms with Crippen LogP contribution < -0.4 is 10.6 Å². The summed E-state index contributed by atoms with van der Waals surface area (Å²) in [6.45, 7) is 0. The van der Waals surface area contributed by atoms with Crippen molar-refractivity contribution in [1.82, 2.24) is 19.9 Å². The Morgan fingerprint density at radius 3 is 1.30 bits per heavy atom. The first-order valence-corrected chi connectivity index (χ1v) is 13.4. The molecule has 2 unspecified atom stereocenters. The average Bonchev–Trinajstić information content (AvgIpc) is 3.03. The van der Waals surface area contributed by atoms with Gasteiger partial charge in [-0.15, -0.1) is 0 Å². The van der Waals surface area contributed by atoms with Gasteiger partial charge < -0.3 is 10.6 Å². The maximum Gasteiger partial charge on any atom is 0.135 e. The van der Waals surface area contributed by atoms with Crippen LogP contribution in [-0.2, 0) is 0 Å². The van der Waals surface area contributed by atoms with Crippen molar-refractivity contribution in [1.29, 1.82) is 0 Å². The van der Waals surface area contributed by atoms with Crippen LogP contribution in [0.3, 0.4) is 0 Å². The highest BCUT2D eigenvalue weighted by Crippen LogP contribution is 2.54. The number of para-hydroxylation sites is 2. The summed E-state index contributed by atoms with van der Waals surface area (Å²) in [5, 5.41) is 7.24. The normalized spacial score (nSPS) is 16.4. The lowest BCUT2D eigenvalue weighted by Gasteiger charge is -2.38. The van der Waals surface area contributed by atoms with Crippen molar-refractivity contribution in [2.75, 3.05) is 10.6 Å². The summed E-state index contributed by atoms with van der Waals surface area (Å²) < 4.78 is 0. The monoisotopic (exact) mass is 516 g/mol. The predicted molar refractivity (Wildman–Crippen MR) is 158 cm³/mol. The Bertz CT molecular complexity index is 1730. The van der Waals surface area contributed by atoms with E-state index in [4.69, 9.17) is 9.97 Å². The van der Waals surface area contributed by atoms with Crippen molar-refractivity contribution in [3.8, 4) is 22.8 Å². The molecule has 6 nitrogen and oxygen atoms in total. The first kappa shape index (κ1) is 22.6. The van der Waals surface area contributed by atoms with Crippen LogP contribution in [0.25, 0.3) is 22.8 Å². The van der Waals surface area contributed by atoms with Gasteiger partial charge in [0.1, 0.15) is 11.6 Å². The Hall–Kier alpha value is -5.36. The van der Waals surface area contributed by atoms with Crippen molar-refractivity contribution in [3.05, 3.63) is 144 Å². The number of benzene rings is 2. The summed E-state index contributed by atoms with van der Waals surface area (Å²) >= 11 is 0. The van der Waals surface area contributed by atoms with Gasteiger partial charge in [-0.1, -0.05) is 60.7 Å². The zero-order valence-electron chi connectivity index (χ0n) is 21.5. The SMILES string of the molecule is c1ccc(-c2ccc3c(n2)Nc2ccccc2C3C2c3ccccc3Nc3nc(-c4ccccn4)ccc32)nc1. The Kier molecular flexibility index (Phi) is 5.16. The molecule has 0 aliphatic carbocycles. The molecule has 2 aromatic carbocycles. The second kappa shape index (κ2) is 9.13. The van der Waals surface area contributed by atoms with E-state index in [0.29, 0.717) is 0 Å². The van der Waals surface area contributed by atoms with Gasteiger partial charge in [-0.3, -0.25) is 9.97 Å². The molecule has 2 aliphatic heterocycles. The zero-order chi connectivity index (χ0) is 26.5. The highest BCUT2D eigenvalue weighted by molar-refractivity contribution is 5.79. The third kappa shape index (κ3) is 3.65. The van der Waals surface area contributed by atoms with Gasteiger partial charge in [-0.2, -0.15) is 0 Å². The fourth-order valence-corrected chi connectivity index (χ4v) is 6.03. The minimum Gasteiger partial charge on any atom is -0.340 e. The highest BCUT2D eigenvalue weighted by Gasteiger charge is 2.39. The number of hydrogen-bond donors (Lipinski definition) is 2. The molecule has 0 fully saturated rings. The molecule has 0 saturated carbocycles. The van der Waals surface area contributed by atoms with Gasteiger partial charge in [-0.25, -0.2) is 9.97 Å². The molecule has 8 rings (SSSR count). The van der Waals surface area contributed by atoms with Gasteiger partial charge in [0.05, 0.1) is 22.8 Å². The van der Waals surface area contributed by atoms with Crippen LogP contribution in [0, 0.1) is 0 Å². The number of rotatable bonds is 3. The smallest absolute Gasteiger partial charge is 0.135 e. The van der Waals surface area contributed by atoms with Gasteiger partial charge >= 0.3 is 0 Å². The van der Waals surface area contributed by atoms with Crippen LogP contribution in [0.2, 0.25) is 0 Å². The lowest BCUT2D eigenvalue weighted by Crippen LogP contribution is -2.25. The first-order chi connectivity index (χ1) is 19.8. The van der Waals surface area contributed by atoms with Gasteiger partial charge in [0.15, 0.2) is 0 Å². The Labute approximate surface area is 231 Å². The Morgan fingerprint density at radius 1 is 0.400 bits per heavy atom. The lowest BCUT2D eigenvalue weighted by molar-refractivity contribution is 0.683. The summed E-state index contributed by atoms with van der Waals surface area (Å²) in [4.78, 5) is 19.2. The highest BCUT2D eigenvalue weighted by atomic mass is 15.0. The fourth-order valence-electron chi connectivity index (χ4n) is 6.03. The number of nitrogens with one attached hydrogen (secondary N) is 2. The molecule has 2 atom stereocenters. The number of aromatic nitrogens is 4. The van der Waals surface area contributed by atoms with E-state index in [1.54, 1.807) is 12.4 Å². The molecule has 0 saturated heterocycles. The molecule has 6 aromatic rings. The third-order valence-corrected chi connectivity index (χ3v) is 7.81. The molecule has 0 radical (unpaired) electrons. The summed E-state index contributed by atoms with van der Waals surface area (Å²) in [6.07, 6.45) is 3.61. The van der Waals surface area contributed by atoms with Crippen molar-refractivity contribution < 1.29 is 0 Å². The van der Waals surface area contributed by atoms with Gasteiger partial charge in [0, 0.05) is 46.7 Å². The lowest BCUT2D eigenvalue weighted by atomic mass is 9.70. The summed E-state index contributed by atoms with van der Waals surface area (Å²) in [6, 6.07) is 37.5. The minimum absolute atomic E-state index is 0.0298. The fraction of sp³-hybridized carbons (Fsp3) is 0.0588. The largest absolute Gasteiger partial charge is 0.340 e. The summed E-state index contributed by atoms with van der Waals surface area (Å²) in [5.41, 5.74) is 10.3. The van der Waals surface area contributed by atoms with Crippen molar-refractivity contribution in [3.63, 3.8) is 0 Å². The van der Waals surface area contributed by atoms with Crippen molar-refractivity contribution in [2.24, 2.45) is 0 Å². The quantitative estimate of drug-likeness (QED) is 0.251. The second-order valence-corrected chi connectivity index (χ2v) is 10.1. The number of hydrogen-bond acceptors (Lipinski definition) is 6. The van der Waals surface area contributed by atoms with Crippen LogP contribution in [0.15, 0.2) is 122 Å². The zero-order valence-corrected chi connectivity index (χ0v) is 21.5. The molecule has 6 heterocycles. The maximum absolute atomic E-state index is 5.08. The number of fused-ring (bicyclic) bond motifs is 4. The van der Waals surface area contributed by atoms with E-state index in [0.717, 1.165) is 56.9 Å². The number of anilines is 4. The molecular formula is C34H24N6. The Morgan fingerprint density at radius 2 is 0.850 bits per heavy atom. The first-order valence-electron chi connectivity index (χ1n) is 13.4. The van der Waals surface area contributed by atoms with Gasteiger partial charge in [-0.05, 0) is 59.7 Å². The van der Waals surface area contributed by atoms with Gasteiger partial charge in [0.2, 0.25) is 0 Å². The molecule has 0 amide bonds. The van der Waals surface area contributed by atoms with Crippen LogP contribution in [-0.4, -0.2) is 19.9 Å².